The van der Waals surface area contributed by atoms with E-state index in [-0.39, 0.29) is 0 Å². The van der Waals surface area contributed by atoms with Crippen LogP contribution >= 0.6 is 15.9 Å². The van der Waals surface area contributed by atoms with Crippen LogP contribution in [-0.2, 0) is 0 Å². The summed E-state index contributed by atoms with van der Waals surface area (Å²) >= 11 is 3.57. The van der Waals surface area contributed by atoms with E-state index >= 15 is 0 Å². The second-order valence-corrected chi connectivity index (χ2v) is 5.17. The van der Waals surface area contributed by atoms with Gasteiger partial charge in [0.1, 0.15) is 5.75 Å². The van der Waals surface area contributed by atoms with E-state index in [4.69, 9.17) is 4.74 Å². The predicted molar refractivity (Wildman–Crippen MR) is 83.3 cm³/mol. The van der Waals surface area contributed by atoms with Gasteiger partial charge in [0.25, 0.3) is 0 Å². The quantitative estimate of drug-likeness (QED) is 0.716. The average Bonchev–Trinajstić information content (AvgIpc) is 2.90. The monoisotopic (exact) mass is 328 g/mol. The normalized spacial score (nSPS) is 10.5. The van der Waals surface area contributed by atoms with Crippen molar-refractivity contribution in [1.29, 1.82) is 0 Å². The van der Waals surface area contributed by atoms with E-state index < -0.39 is 0 Å². The molecule has 0 bridgehead atoms. The van der Waals surface area contributed by atoms with Gasteiger partial charge < -0.3 is 4.74 Å². The van der Waals surface area contributed by atoms with Crippen molar-refractivity contribution in [2.75, 3.05) is 7.11 Å². The number of halogens is 1. The summed E-state index contributed by atoms with van der Waals surface area (Å²) in [5, 5.41) is 4.44. The van der Waals surface area contributed by atoms with E-state index in [0.29, 0.717) is 0 Å². The highest BCUT2D eigenvalue weighted by atomic mass is 79.9. The Bertz CT molecular complexity index is 705. The van der Waals surface area contributed by atoms with Gasteiger partial charge in [0.05, 0.1) is 29.2 Å². The van der Waals surface area contributed by atoms with E-state index in [1.165, 1.54) is 0 Å². The zero-order valence-corrected chi connectivity index (χ0v) is 12.5. The van der Waals surface area contributed by atoms with Crippen molar-refractivity contribution in [2.24, 2.45) is 0 Å². The number of para-hydroxylation sites is 1. The smallest absolute Gasteiger partial charge is 0.118 e. The minimum Gasteiger partial charge on any atom is -0.497 e. The summed E-state index contributed by atoms with van der Waals surface area (Å²) < 4.78 is 8.08. The molecule has 3 nitrogen and oxygen atoms in total. The zero-order chi connectivity index (χ0) is 13.9. The standard InChI is InChI=1S/C16H13BrN2O/c1-20-14-9-7-12(8-10-14)16-15(17)11-18-19(16)13-5-3-2-4-6-13/h2-11H,1H3. The third-order valence-corrected chi connectivity index (χ3v) is 3.67. The second-order valence-electron chi connectivity index (χ2n) is 4.32. The number of hydrogen-bond acceptors (Lipinski definition) is 2. The third-order valence-electron chi connectivity index (χ3n) is 3.09. The summed E-state index contributed by atoms with van der Waals surface area (Å²) in [6.07, 6.45) is 1.81. The molecule has 0 saturated heterocycles. The average molecular weight is 329 g/mol. The second kappa shape index (κ2) is 5.51. The van der Waals surface area contributed by atoms with Gasteiger partial charge in [-0.1, -0.05) is 18.2 Å². The van der Waals surface area contributed by atoms with Crippen LogP contribution in [0.3, 0.4) is 0 Å². The Morgan fingerprint density at radius 1 is 1.00 bits per heavy atom. The first-order chi connectivity index (χ1) is 9.79. The van der Waals surface area contributed by atoms with E-state index in [2.05, 4.69) is 21.0 Å². The maximum atomic E-state index is 5.20. The largest absolute Gasteiger partial charge is 0.497 e. The lowest BCUT2D eigenvalue weighted by atomic mass is 10.1. The van der Waals surface area contributed by atoms with Crippen molar-refractivity contribution in [3.05, 3.63) is 65.3 Å². The van der Waals surface area contributed by atoms with Crippen molar-refractivity contribution in [3.8, 4) is 22.7 Å². The van der Waals surface area contributed by atoms with Gasteiger partial charge in [0.2, 0.25) is 0 Å². The van der Waals surface area contributed by atoms with Gasteiger partial charge in [-0.3, -0.25) is 0 Å². The van der Waals surface area contributed by atoms with Crippen molar-refractivity contribution in [2.45, 2.75) is 0 Å². The van der Waals surface area contributed by atoms with Crippen molar-refractivity contribution in [3.63, 3.8) is 0 Å². The molecule has 100 valence electrons. The third kappa shape index (κ3) is 2.34. The molecule has 0 saturated carbocycles. The highest BCUT2D eigenvalue weighted by molar-refractivity contribution is 9.10. The van der Waals surface area contributed by atoms with Gasteiger partial charge in [-0.25, -0.2) is 4.68 Å². The number of ether oxygens (including phenoxy) is 1. The summed E-state index contributed by atoms with van der Waals surface area (Å²) in [6.45, 7) is 0. The molecule has 0 fully saturated rings. The van der Waals surface area contributed by atoms with Gasteiger partial charge in [0, 0.05) is 5.56 Å². The SMILES string of the molecule is COc1ccc(-c2c(Br)cnn2-c2ccccc2)cc1. The fourth-order valence-electron chi connectivity index (χ4n) is 2.10. The molecule has 3 aromatic rings. The van der Waals surface area contributed by atoms with Crippen LogP contribution in [0.4, 0.5) is 0 Å². The molecule has 0 aliphatic heterocycles. The first kappa shape index (κ1) is 12.9. The Morgan fingerprint density at radius 3 is 2.35 bits per heavy atom. The molecule has 0 N–H and O–H groups in total. The van der Waals surface area contributed by atoms with E-state index in [9.17, 15) is 0 Å². The van der Waals surface area contributed by atoms with Crippen LogP contribution < -0.4 is 4.74 Å². The van der Waals surface area contributed by atoms with Crippen LogP contribution in [-0.4, -0.2) is 16.9 Å². The van der Waals surface area contributed by atoms with Crippen molar-refractivity contribution < 1.29 is 4.74 Å². The van der Waals surface area contributed by atoms with Crippen LogP contribution in [0.5, 0.6) is 5.75 Å². The highest BCUT2D eigenvalue weighted by Crippen LogP contribution is 2.31. The molecule has 0 aliphatic rings. The fourth-order valence-corrected chi connectivity index (χ4v) is 2.59. The topological polar surface area (TPSA) is 27.1 Å². The van der Waals surface area contributed by atoms with Crippen molar-refractivity contribution >= 4 is 15.9 Å². The fraction of sp³-hybridized carbons (Fsp3) is 0.0625. The minimum absolute atomic E-state index is 0.843. The van der Waals surface area contributed by atoms with Crippen LogP contribution in [0.1, 0.15) is 0 Å². The number of nitrogens with zero attached hydrogens (tertiary/aromatic N) is 2. The summed E-state index contributed by atoms with van der Waals surface area (Å²) in [5.41, 5.74) is 3.14. The van der Waals surface area contributed by atoms with E-state index in [0.717, 1.165) is 27.2 Å². The number of aromatic nitrogens is 2. The van der Waals surface area contributed by atoms with Crippen LogP contribution in [0.25, 0.3) is 16.9 Å². The molecule has 0 unspecified atom stereocenters. The molecule has 0 amide bonds. The molecule has 0 spiro atoms. The predicted octanol–water partition coefficient (Wildman–Crippen LogP) is 4.31. The Labute approximate surface area is 125 Å². The number of methoxy groups -OCH3 is 1. The highest BCUT2D eigenvalue weighted by Gasteiger charge is 2.12. The molecule has 2 aromatic carbocycles. The maximum absolute atomic E-state index is 5.20. The summed E-state index contributed by atoms with van der Waals surface area (Å²) in [4.78, 5) is 0. The lowest BCUT2D eigenvalue weighted by Crippen LogP contribution is -1.98. The molecule has 0 radical (unpaired) electrons. The van der Waals surface area contributed by atoms with Crippen molar-refractivity contribution in [1.82, 2.24) is 9.78 Å². The molecule has 0 aliphatic carbocycles. The number of rotatable bonds is 3. The lowest BCUT2D eigenvalue weighted by molar-refractivity contribution is 0.415. The van der Waals surface area contributed by atoms with E-state index in [1.807, 2.05) is 65.5 Å². The van der Waals surface area contributed by atoms with E-state index in [1.54, 1.807) is 7.11 Å². The Balaban J connectivity index is 2.11. The Morgan fingerprint density at radius 2 is 1.70 bits per heavy atom. The number of hydrogen-bond donors (Lipinski definition) is 0. The first-order valence-electron chi connectivity index (χ1n) is 6.23. The summed E-state index contributed by atoms with van der Waals surface area (Å²) in [6, 6.07) is 18.0. The van der Waals surface area contributed by atoms with Crippen LogP contribution in [0.2, 0.25) is 0 Å². The lowest BCUT2D eigenvalue weighted by Gasteiger charge is -2.09. The Hall–Kier alpha value is -2.07. The van der Waals surface area contributed by atoms with Gasteiger partial charge >= 0.3 is 0 Å². The minimum atomic E-state index is 0.843. The first-order valence-corrected chi connectivity index (χ1v) is 7.02. The molecular weight excluding hydrogens is 316 g/mol. The number of benzene rings is 2. The van der Waals surface area contributed by atoms with Crippen LogP contribution in [0.15, 0.2) is 65.3 Å². The van der Waals surface area contributed by atoms with Gasteiger partial charge in [0.15, 0.2) is 0 Å². The molecule has 20 heavy (non-hydrogen) atoms. The molecular formula is C16H13BrN2O. The molecule has 1 heterocycles. The van der Waals surface area contributed by atoms with Crippen LogP contribution in [0, 0.1) is 0 Å². The van der Waals surface area contributed by atoms with Gasteiger partial charge in [-0.15, -0.1) is 0 Å². The molecule has 3 rings (SSSR count). The zero-order valence-electron chi connectivity index (χ0n) is 11.0. The molecule has 1 aromatic heterocycles. The maximum Gasteiger partial charge on any atom is 0.118 e. The van der Waals surface area contributed by atoms with Gasteiger partial charge in [-0.2, -0.15) is 5.10 Å². The summed E-state index contributed by atoms with van der Waals surface area (Å²) in [7, 11) is 1.67. The Kier molecular flexibility index (Phi) is 3.56. The van der Waals surface area contributed by atoms with Gasteiger partial charge in [-0.05, 0) is 52.3 Å². The molecule has 0 atom stereocenters. The summed E-state index contributed by atoms with van der Waals surface area (Å²) in [5.74, 6) is 0.843. The molecule has 4 heteroatoms.